The normalized spacial score (nSPS) is 11.7. The standard InChI is InChI=1S/C57H36N4O/c1-5-15-37(16-6-1)45-28-30-51-52(35-45)62-53-36-47(38-17-7-2-8-18-38)34-49-48-33-44(27-29-50(48)61(51)54(49)53)42-24-13-23-41(31-42)43-25-14-26-46(32-43)57-59-55(39-19-9-3-10-20-39)58-56(60-57)40-21-11-4-12-22-40/h1-36H. The van der Waals surface area contributed by atoms with Crippen LogP contribution < -0.4 is 4.74 Å². The molecule has 1 aliphatic heterocycles. The van der Waals surface area contributed by atoms with E-state index in [1.54, 1.807) is 0 Å². The topological polar surface area (TPSA) is 52.8 Å². The fourth-order valence-electron chi connectivity index (χ4n) is 8.78. The minimum Gasteiger partial charge on any atom is -0.453 e. The number of rotatable bonds is 7. The summed E-state index contributed by atoms with van der Waals surface area (Å²) in [6.45, 7) is 0. The van der Waals surface area contributed by atoms with Crippen LogP contribution in [0.4, 0.5) is 0 Å². The van der Waals surface area contributed by atoms with Gasteiger partial charge in [-0.3, -0.25) is 0 Å². The van der Waals surface area contributed by atoms with Crippen molar-refractivity contribution in [1.82, 2.24) is 19.5 Å². The largest absolute Gasteiger partial charge is 0.453 e. The maximum atomic E-state index is 6.85. The minimum atomic E-state index is 0.631. The van der Waals surface area contributed by atoms with E-state index >= 15 is 0 Å². The van der Waals surface area contributed by atoms with Gasteiger partial charge in [0.1, 0.15) is 0 Å². The Morgan fingerprint density at radius 3 is 1.31 bits per heavy atom. The fraction of sp³-hybridized carbons (Fsp3) is 0. The van der Waals surface area contributed by atoms with Gasteiger partial charge in [-0.05, 0) is 93.0 Å². The molecule has 0 spiro atoms. The lowest BCUT2D eigenvalue weighted by Crippen LogP contribution is -2.04. The van der Waals surface area contributed by atoms with E-state index in [-0.39, 0.29) is 0 Å². The minimum absolute atomic E-state index is 0.631. The first-order valence-corrected chi connectivity index (χ1v) is 20.8. The molecule has 0 fully saturated rings. The average molecular weight is 793 g/mol. The van der Waals surface area contributed by atoms with Gasteiger partial charge in [-0.2, -0.15) is 0 Å². The zero-order valence-electron chi connectivity index (χ0n) is 33.5. The second-order valence-corrected chi connectivity index (χ2v) is 15.7. The highest BCUT2D eigenvalue weighted by Gasteiger charge is 2.26. The number of nitrogens with zero attached hydrogens (tertiary/aromatic N) is 4. The summed E-state index contributed by atoms with van der Waals surface area (Å²) in [6, 6.07) is 76.4. The Kier molecular flexibility index (Phi) is 8.42. The molecule has 62 heavy (non-hydrogen) atoms. The predicted molar refractivity (Wildman–Crippen MR) is 252 cm³/mol. The van der Waals surface area contributed by atoms with E-state index in [4.69, 9.17) is 19.7 Å². The van der Waals surface area contributed by atoms with E-state index in [9.17, 15) is 0 Å². The molecule has 12 rings (SSSR count). The molecule has 1 aliphatic rings. The van der Waals surface area contributed by atoms with Crippen molar-refractivity contribution in [1.29, 1.82) is 0 Å². The van der Waals surface area contributed by atoms with Gasteiger partial charge in [0.15, 0.2) is 29.0 Å². The lowest BCUT2D eigenvalue weighted by Gasteiger charge is -2.22. The molecule has 0 saturated heterocycles. The van der Waals surface area contributed by atoms with Crippen molar-refractivity contribution in [3.8, 4) is 95.9 Å². The van der Waals surface area contributed by atoms with Crippen molar-refractivity contribution in [3.05, 3.63) is 218 Å². The van der Waals surface area contributed by atoms with Gasteiger partial charge < -0.3 is 9.30 Å². The Labute approximate surface area is 358 Å². The number of hydrogen-bond donors (Lipinski definition) is 0. The Hall–Kier alpha value is -8.41. The molecule has 5 nitrogen and oxygen atoms in total. The van der Waals surface area contributed by atoms with Crippen LogP contribution in [0.25, 0.3) is 106 Å². The highest BCUT2D eigenvalue weighted by Crippen LogP contribution is 2.49. The smallest absolute Gasteiger partial charge is 0.164 e. The first-order chi connectivity index (χ1) is 30.7. The summed E-state index contributed by atoms with van der Waals surface area (Å²) >= 11 is 0. The lowest BCUT2D eigenvalue weighted by atomic mass is 9.96. The highest BCUT2D eigenvalue weighted by molar-refractivity contribution is 6.14. The molecule has 0 aliphatic carbocycles. The molecule has 0 atom stereocenters. The predicted octanol–water partition coefficient (Wildman–Crippen LogP) is 14.7. The van der Waals surface area contributed by atoms with Crippen molar-refractivity contribution in [2.45, 2.75) is 0 Å². The van der Waals surface area contributed by atoms with Gasteiger partial charge >= 0.3 is 0 Å². The van der Waals surface area contributed by atoms with Gasteiger partial charge in [0.05, 0.1) is 16.7 Å². The van der Waals surface area contributed by atoms with Gasteiger partial charge in [-0.1, -0.05) is 170 Å². The van der Waals surface area contributed by atoms with Crippen molar-refractivity contribution >= 4 is 21.8 Å². The third-order valence-corrected chi connectivity index (χ3v) is 11.8. The van der Waals surface area contributed by atoms with Crippen LogP contribution in [0.2, 0.25) is 0 Å². The van der Waals surface area contributed by atoms with E-state index in [0.717, 1.165) is 94.8 Å². The molecule has 9 aromatic carbocycles. The maximum Gasteiger partial charge on any atom is 0.164 e. The Balaban J connectivity index is 0.965. The van der Waals surface area contributed by atoms with Gasteiger partial charge in [0, 0.05) is 27.5 Å². The number of aromatic nitrogens is 4. The van der Waals surface area contributed by atoms with Crippen molar-refractivity contribution in [2.75, 3.05) is 0 Å². The summed E-state index contributed by atoms with van der Waals surface area (Å²) in [4.78, 5) is 14.9. The van der Waals surface area contributed by atoms with Gasteiger partial charge in [0.25, 0.3) is 0 Å². The van der Waals surface area contributed by atoms with E-state index in [0.29, 0.717) is 17.5 Å². The van der Waals surface area contributed by atoms with Crippen LogP contribution in [-0.2, 0) is 0 Å². The number of hydrogen-bond acceptors (Lipinski definition) is 4. The summed E-state index contributed by atoms with van der Waals surface area (Å²) in [5.41, 5.74) is 15.1. The Bertz CT molecular complexity index is 3420. The molecule has 5 heteroatoms. The van der Waals surface area contributed by atoms with Crippen LogP contribution in [0.3, 0.4) is 0 Å². The second kappa shape index (κ2) is 14.7. The molecular weight excluding hydrogens is 757 g/mol. The first-order valence-electron chi connectivity index (χ1n) is 20.8. The third kappa shape index (κ3) is 6.23. The third-order valence-electron chi connectivity index (χ3n) is 11.8. The van der Waals surface area contributed by atoms with E-state index in [1.807, 2.05) is 66.7 Å². The highest BCUT2D eigenvalue weighted by atomic mass is 16.5. The fourth-order valence-corrected chi connectivity index (χ4v) is 8.78. The summed E-state index contributed by atoms with van der Waals surface area (Å²) in [5, 5.41) is 2.33. The van der Waals surface area contributed by atoms with Crippen molar-refractivity contribution in [3.63, 3.8) is 0 Å². The van der Waals surface area contributed by atoms with Gasteiger partial charge in [-0.15, -0.1) is 0 Å². The maximum absolute atomic E-state index is 6.85. The quantitative estimate of drug-likeness (QED) is 0.161. The van der Waals surface area contributed by atoms with E-state index < -0.39 is 0 Å². The lowest BCUT2D eigenvalue weighted by molar-refractivity contribution is 0.477. The number of ether oxygens (including phenoxy) is 1. The number of fused-ring (bicyclic) bond motifs is 5. The molecular formula is C57H36N4O. The van der Waals surface area contributed by atoms with Crippen LogP contribution in [-0.4, -0.2) is 19.5 Å². The van der Waals surface area contributed by atoms with Crippen LogP contribution >= 0.6 is 0 Å². The Morgan fingerprint density at radius 1 is 0.290 bits per heavy atom. The monoisotopic (exact) mass is 792 g/mol. The molecule has 0 radical (unpaired) electrons. The van der Waals surface area contributed by atoms with Crippen molar-refractivity contribution in [2.24, 2.45) is 0 Å². The molecule has 0 unspecified atom stereocenters. The van der Waals surface area contributed by atoms with Gasteiger partial charge in [-0.25, -0.2) is 15.0 Å². The molecule has 0 N–H and O–H groups in total. The molecule has 3 heterocycles. The Morgan fingerprint density at radius 2 is 0.710 bits per heavy atom. The zero-order valence-corrected chi connectivity index (χ0v) is 33.5. The zero-order chi connectivity index (χ0) is 41.0. The van der Waals surface area contributed by atoms with Crippen LogP contribution in [0.5, 0.6) is 11.5 Å². The average Bonchev–Trinajstić information content (AvgIpc) is 3.69. The molecule has 11 aromatic rings. The molecule has 0 amide bonds. The van der Waals surface area contributed by atoms with Crippen molar-refractivity contribution < 1.29 is 4.74 Å². The second-order valence-electron chi connectivity index (χ2n) is 15.7. The first kappa shape index (κ1) is 35.5. The molecule has 0 saturated carbocycles. The molecule has 290 valence electrons. The number of benzene rings is 9. The van der Waals surface area contributed by atoms with Gasteiger partial charge in [0.2, 0.25) is 0 Å². The van der Waals surface area contributed by atoms with E-state index in [2.05, 4.69) is 156 Å². The summed E-state index contributed by atoms with van der Waals surface area (Å²) in [6.07, 6.45) is 0. The SMILES string of the molecule is c1ccc(-c2ccc3c(c2)Oc2cc(-c4ccccc4)cc4c5cc(-c6cccc(-c7cccc(-c8nc(-c9ccccc9)nc(-c9ccccc9)n8)c7)c6)ccc5n-3c24)cc1. The van der Waals surface area contributed by atoms with Crippen LogP contribution in [0, 0.1) is 0 Å². The summed E-state index contributed by atoms with van der Waals surface area (Å²) in [7, 11) is 0. The van der Waals surface area contributed by atoms with Crippen LogP contribution in [0.15, 0.2) is 218 Å². The van der Waals surface area contributed by atoms with E-state index in [1.165, 1.54) is 5.39 Å². The molecule has 0 bridgehead atoms. The molecule has 2 aromatic heterocycles. The summed E-state index contributed by atoms with van der Waals surface area (Å²) in [5.74, 6) is 3.61. The van der Waals surface area contributed by atoms with Crippen LogP contribution in [0.1, 0.15) is 0 Å². The summed E-state index contributed by atoms with van der Waals surface area (Å²) < 4.78 is 9.23.